The van der Waals surface area contributed by atoms with Gasteiger partial charge in [0.15, 0.2) is 17.3 Å². The van der Waals surface area contributed by atoms with Gasteiger partial charge in [-0.05, 0) is 43.2 Å². The van der Waals surface area contributed by atoms with Gasteiger partial charge in [-0.1, -0.05) is 36.4 Å². The highest BCUT2D eigenvalue weighted by Gasteiger charge is 2.42. The van der Waals surface area contributed by atoms with Crippen LogP contribution in [0.5, 0.6) is 11.5 Å². The Balaban J connectivity index is 1.58. The maximum atomic E-state index is 13.4. The third-order valence-corrected chi connectivity index (χ3v) is 5.79. The Kier molecular flexibility index (Phi) is 5.27. The number of carbonyl (C=O) groups excluding carboxylic acids is 1. The molecule has 1 aliphatic carbocycles. The van der Waals surface area contributed by atoms with Gasteiger partial charge in [-0.15, -0.1) is 0 Å². The van der Waals surface area contributed by atoms with Crippen LogP contribution in [0.25, 0.3) is 0 Å². The van der Waals surface area contributed by atoms with Crippen LogP contribution in [0.4, 0.5) is 0 Å². The van der Waals surface area contributed by atoms with Crippen LogP contribution in [0, 0.1) is 5.92 Å². The molecule has 2 aliphatic rings. The number of ketones is 1. The molecule has 160 valence electrons. The lowest BCUT2D eigenvalue weighted by molar-refractivity contribution is 0.103. The van der Waals surface area contributed by atoms with Gasteiger partial charge < -0.3 is 9.47 Å². The van der Waals surface area contributed by atoms with Crippen LogP contribution < -0.4 is 9.47 Å². The first kappa shape index (κ1) is 20.1. The van der Waals surface area contributed by atoms with E-state index in [1.54, 1.807) is 43.6 Å². The first-order chi connectivity index (χ1) is 15.6. The zero-order chi connectivity index (χ0) is 22.1. The van der Waals surface area contributed by atoms with Gasteiger partial charge in [0.05, 0.1) is 13.2 Å². The van der Waals surface area contributed by atoms with E-state index in [0.29, 0.717) is 46.7 Å². The van der Waals surface area contributed by atoms with Gasteiger partial charge in [0.25, 0.3) is 0 Å². The van der Waals surface area contributed by atoms with E-state index in [1.165, 1.54) is 0 Å². The monoisotopic (exact) mass is 425 g/mol. The normalized spacial score (nSPS) is 18.8. The third kappa shape index (κ3) is 3.91. The smallest absolute Gasteiger partial charge is 0.212 e. The first-order valence-electron chi connectivity index (χ1n) is 10.6. The standard InChI is InChI=1S/C26H23N3O3/c1-16-18-12-22(18)29-26(28-16)20-14-23(31-2)24(32-15-17-8-4-3-5-9-17)13-19(20)25(30)21-10-6-7-11-27-21/h3-11,13-14,18,22H,12,15H2,1-2H3. The van der Waals surface area contributed by atoms with Crippen LogP contribution in [0.1, 0.15) is 40.5 Å². The Labute approximate surface area is 186 Å². The van der Waals surface area contributed by atoms with Crippen molar-refractivity contribution in [3.8, 4) is 11.5 Å². The van der Waals surface area contributed by atoms with Gasteiger partial charge >= 0.3 is 0 Å². The highest BCUT2D eigenvalue weighted by molar-refractivity contribution is 6.19. The highest BCUT2D eigenvalue weighted by atomic mass is 16.5. The number of hydrogen-bond donors (Lipinski definition) is 0. The van der Waals surface area contributed by atoms with Gasteiger partial charge in [0.1, 0.15) is 12.3 Å². The average molecular weight is 425 g/mol. The Hall–Kier alpha value is -3.80. The van der Waals surface area contributed by atoms with Gasteiger partial charge in [-0.3, -0.25) is 14.8 Å². The molecule has 2 heterocycles. The molecule has 0 radical (unpaired) electrons. The highest BCUT2D eigenvalue weighted by Crippen LogP contribution is 2.40. The number of carbonyl (C=O) groups is 1. The minimum absolute atomic E-state index is 0.207. The van der Waals surface area contributed by atoms with Crippen LogP contribution in [0.2, 0.25) is 0 Å². The van der Waals surface area contributed by atoms with Crippen molar-refractivity contribution < 1.29 is 14.3 Å². The lowest BCUT2D eigenvalue weighted by Gasteiger charge is -2.17. The lowest BCUT2D eigenvalue weighted by Crippen LogP contribution is -2.17. The summed E-state index contributed by atoms with van der Waals surface area (Å²) in [6.07, 6.45) is 2.62. The molecular weight excluding hydrogens is 402 g/mol. The molecule has 0 N–H and O–H groups in total. The quantitative estimate of drug-likeness (QED) is 0.522. The van der Waals surface area contributed by atoms with Gasteiger partial charge in [-0.2, -0.15) is 0 Å². The maximum Gasteiger partial charge on any atom is 0.212 e. The Bertz CT molecular complexity index is 1220. The molecule has 0 spiro atoms. The lowest BCUT2D eigenvalue weighted by atomic mass is 9.98. The number of aromatic nitrogens is 1. The molecule has 3 aromatic rings. The zero-order valence-electron chi connectivity index (χ0n) is 18.0. The van der Waals surface area contributed by atoms with E-state index in [-0.39, 0.29) is 11.8 Å². The average Bonchev–Trinajstić information content (AvgIpc) is 3.63. The zero-order valence-corrected chi connectivity index (χ0v) is 18.0. The van der Waals surface area contributed by atoms with E-state index in [1.807, 2.05) is 37.3 Å². The van der Waals surface area contributed by atoms with Crippen molar-refractivity contribution in [2.75, 3.05) is 7.11 Å². The summed E-state index contributed by atoms with van der Waals surface area (Å²) in [5.74, 6) is 1.81. The summed E-state index contributed by atoms with van der Waals surface area (Å²) < 4.78 is 11.7. The molecule has 0 saturated heterocycles. The van der Waals surface area contributed by atoms with E-state index in [2.05, 4.69) is 4.98 Å². The Morgan fingerprint density at radius 3 is 2.59 bits per heavy atom. The van der Waals surface area contributed by atoms with Crippen LogP contribution in [-0.2, 0) is 6.61 Å². The molecule has 2 atom stereocenters. The molecule has 1 saturated carbocycles. The minimum Gasteiger partial charge on any atom is -0.493 e. The molecule has 1 aromatic heterocycles. The van der Waals surface area contributed by atoms with E-state index < -0.39 is 0 Å². The topological polar surface area (TPSA) is 73.1 Å². The number of benzene rings is 2. The third-order valence-electron chi connectivity index (χ3n) is 5.79. The summed E-state index contributed by atoms with van der Waals surface area (Å²) >= 11 is 0. The predicted octanol–water partition coefficient (Wildman–Crippen LogP) is 4.51. The number of hydrogen-bond acceptors (Lipinski definition) is 6. The van der Waals surface area contributed by atoms with Crippen molar-refractivity contribution in [1.82, 2.24) is 4.98 Å². The number of amidine groups is 1. The Morgan fingerprint density at radius 2 is 1.88 bits per heavy atom. The van der Waals surface area contributed by atoms with Crippen LogP contribution in [0.15, 0.2) is 76.8 Å². The van der Waals surface area contributed by atoms with Crippen molar-refractivity contribution >= 4 is 17.3 Å². The number of fused-ring (bicyclic) bond motifs is 1. The van der Waals surface area contributed by atoms with Crippen molar-refractivity contribution in [2.24, 2.45) is 15.9 Å². The molecule has 5 rings (SSSR count). The number of pyridine rings is 1. The second-order valence-electron chi connectivity index (χ2n) is 7.98. The fourth-order valence-electron chi connectivity index (χ4n) is 3.91. The molecule has 0 bridgehead atoms. The second-order valence-corrected chi connectivity index (χ2v) is 7.98. The van der Waals surface area contributed by atoms with E-state index in [4.69, 9.17) is 19.5 Å². The SMILES string of the molecule is COc1cc(C2=NC3CC3C(C)=N2)c(C(=O)c2ccccn2)cc1OCc1ccccc1. The molecule has 6 nitrogen and oxygen atoms in total. The van der Waals surface area contributed by atoms with E-state index in [0.717, 1.165) is 17.7 Å². The van der Waals surface area contributed by atoms with E-state index in [9.17, 15) is 4.79 Å². The molecule has 1 aliphatic heterocycles. The van der Waals surface area contributed by atoms with Crippen LogP contribution >= 0.6 is 0 Å². The summed E-state index contributed by atoms with van der Waals surface area (Å²) in [4.78, 5) is 27.2. The number of ether oxygens (including phenoxy) is 2. The number of rotatable bonds is 7. The predicted molar refractivity (Wildman–Crippen MR) is 123 cm³/mol. The summed E-state index contributed by atoms with van der Waals surface area (Å²) in [6, 6.07) is 18.9. The molecule has 2 aromatic carbocycles. The minimum atomic E-state index is -0.207. The van der Waals surface area contributed by atoms with Crippen molar-refractivity contribution in [1.29, 1.82) is 0 Å². The number of aliphatic imine (C=N–C) groups is 2. The van der Waals surface area contributed by atoms with Crippen molar-refractivity contribution in [2.45, 2.75) is 26.0 Å². The fourth-order valence-corrected chi connectivity index (χ4v) is 3.91. The van der Waals surface area contributed by atoms with Gasteiger partial charge in [0, 0.05) is 29.0 Å². The van der Waals surface area contributed by atoms with Crippen molar-refractivity contribution in [3.05, 3.63) is 89.2 Å². The molecule has 6 heteroatoms. The summed E-state index contributed by atoms with van der Waals surface area (Å²) in [6.45, 7) is 2.38. The number of methoxy groups -OCH3 is 1. The first-order valence-corrected chi connectivity index (χ1v) is 10.6. The summed E-state index contributed by atoms with van der Waals surface area (Å²) in [7, 11) is 1.59. The van der Waals surface area contributed by atoms with E-state index >= 15 is 0 Å². The summed E-state index contributed by atoms with van der Waals surface area (Å²) in [5, 5.41) is 0. The molecule has 0 amide bonds. The molecule has 2 unspecified atom stereocenters. The van der Waals surface area contributed by atoms with Crippen LogP contribution in [-0.4, -0.2) is 35.5 Å². The second kappa shape index (κ2) is 8.38. The molecule has 1 fully saturated rings. The van der Waals surface area contributed by atoms with Crippen LogP contribution in [0.3, 0.4) is 0 Å². The van der Waals surface area contributed by atoms with Gasteiger partial charge in [0.2, 0.25) is 5.78 Å². The maximum absolute atomic E-state index is 13.4. The molecule has 32 heavy (non-hydrogen) atoms. The molecular formula is C26H23N3O3. The fraction of sp³-hybridized carbons (Fsp3) is 0.231. The number of nitrogens with zero attached hydrogens (tertiary/aromatic N) is 3. The van der Waals surface area contributed by atoms with Crippen molar-refractivity contribution in [3.63, 3.8) is 0 Å². The largest absolute Gasteiger partial charge is 0.493 e. The van der Waals surface area contributed by atoms with Gasteiger partial charge in [-0.25, -0.2) is 4.99 Å². The summed E-state index contributed by atoms with van der Waals surface area (Å²) in [5.41, 5.74) is 3.51. The Morgan fingerprint density at radius 1 is 1.06 bits per heavy atom.